The number of halogens is 2. The number of para-hydroxylation sites is 1. The van der Waals surface area contributed by atoms with Crippen LogP contribution in [0.15, 0.2) is 72.4 Å². The van der Waals surface area contributed by atoms with E-state index in [2.05, 4.69) is 5.32 Å². The fourth-order valence-corrected chi connectivity index (χ4v) is 3.69. The summed E-state index contributed by atoms with van der Waals surface area (Å²) in [6, 6.07) is 17.9. The highest BCUT2D eigenvalue weighted by Crippen LogP contribution is 2.37. The molecule has 150 valence electrons. The lowest BCUT2D eigenvalue weighted by molar-refractivity contribution is -0.120. The molecule has 0 aromatic heterocycles. The summed E-state index contributed by atoms with van der Waals surface area (Å²) in [7, 11) is 0. The number of imide groups is 1. The number of nitrogens with one attached hydrogen (secondary N) is 1. The number of benzene rings is 3. The average molecular weight is 421 g/mol. The molecule has 0 bridgehead atoms. The van der Waals surface area contributed by atoms with Crippen LogP contribution in [0.4, 0.5) is 15.8 Å². The van der Waals surface area contributed by atoms with Gasteiger partial charge in [0.1, 0.15) is 11.5 Å². The minimum atomic E-state index is -0.521. The lowest BCUT2D eigenvalue weighted by atomic mass is 10.0. The van der Waals surface area contributed by atoms with Gasteiger partial charge in [0, 0.05) is 5.69 Å². The third kappa shape index (κ3) is 3.48. The van der Waals surface area contributed by atoms with E-state index in [4.69, 9.17) is 11.6 Å². The fraction of sp³-hybridized carbons (Fsp3) is 0.0833. The molecule has 1 heterocycles. The Hall–Kier alpha value is -3.44. The number of aryl methyl sites for hydroxylation is 2. The molecule has 1 aliphatic rings. The molecule has 1 N–H and O–H groups in total. The van der Waals surface area contributed by atoms with E-state index < -0.39 is 17.6 Å². The molecule has 4 nitrogen and oxygen atoms in total. The fourth-order valence-electron chi connectivity index (χ4n) is 3.47. The van der Waals surface area contributed by atoms with Crippen LogP contribution in [0.3, 0.4) is 0 Å². The van der Waals surface area contributed by atoms with Gasteiger partial charge in [-0.25, -0.2) is 9.29 Å². The normalized spacial score (nSPS) is 13.9. The Labute approximate surface area is 178 Å². The number of carbonyl (C=O) groups excluding carboxylic acids is 2. The average Bonchev–Trinajstić information content (AvgIpc) is 2.95. The van der Waals surface area contributed by atoms with Gasteiger partial charge in [-0.2, -0.15) is 0 Å². The molecule has 2 amide bonds. The molecule has 3 aromatic carbocycles. The highest BCUT2D eigenvalue weighted by molar-refractivity contribution is 6.48. The number of amides is 2. The zero-order valence-corrected chi connectivity index (χ0v) is 17.1. The standard InChI is InChI=1S/C24H18ClFN2O2/c1-14-7-12-19(15(2)13-14)27-22-21(16-8-10-17(26)11-9-16)23(29)28(24(22)30)20-6-4-3-5-18(20)25/h3-13,27H,1-2H3. The third-order valence-electron chi connectivity index (χ3n) is 4.95. The quantitative estimate of drug-likeness (QED) is 0.567. The first-order valence-corrected chi connectivity index (χ1v) is 9.72. The summed E-state index contributed by atoms with van der Waals surface area (Å²) in [5.74, 6) is -1.47. The zero-order valence-electron chi connectivity index (χ0n) is 16.4. The molecule has 0 atom stereocenters. The number of hydrogen-bond acceptors (Lipinski definition) is 3. The summed E-state index contributed by atoms with van der Waals surface area (Å²) < 4.78 is 13.5. The van der Waals surface area contributed by atoms with Crippen molar-refractivity contribution in [2.45, 2.75) is 13.8 Å². The summed E-state index contributed by atoms with van der Waals surface area (Å²) >= 11 is 6.27. The Bertz CT molecular complexity index is 1200. The molecular formula is C24H18ClFN2O2. The molecule has 0 spiro atoms. The van der Waals surface area contributed by atoms with Crippen molar-refractivity contribution in [3.63, 3.8) is 0 Å². The number of anilines is 2. The number of rotatable bonds is 4. The van der Waals surface area contributed by atoms with Gasteiger partial charge in [0.25, 0.3) is 11.8 Å². The van der Waals surface area contributed by atoms with Crippen molar-refractivity contribution < 1.29 is 14.0 Å². The van der Waals surface area contributed by atoms with Crippen LogP contribution >= 0.6 is 11.6 Å². The van der Waals surface area contributed by atoms with Crippen LogP contribution in [-0.4, -0.2) is 11.8 Å². The molecule has 1 aliphatic heterocycles. The summed E-state index contributed by atoms with van der Waals surface area (Å²) in [5.41, 5.74) is 3.74. The molecule has 0 radical (unpaired) electrons. The molecule has 30 heavy (non-hydrogen) atoms. The third-order valence-corrected chi connectivity index (χ3v) is 5.27. The van der Waals surface area contributed by atoms with Gasteiger partial charge in [0.15, 0.2) is 0 Å². The summed E-state index contributed by atoms with van der Waals surface area (Å²) in [5, 5.41) is 3.41. The minimum Gasteiger partial charge on any atom is -0.350 e. The lowest BCUT2D eigenvalue weighted by Gasteiger charge is -2.17. The molecule has 3 aromatic rings. The van der Waals surface area contributed by atoms with Crippen LogP contribution in [0.5, 0.6) is 0 Å². The van der Waals surface area contributed by atoms with Crippen molar-refractivity contribution >= 4 is 40.4 Å². The van der Waals surface area contributed by atoms with Gasteiger partial charge in [-0.3, -0.25) is 9.59 Å². The Morgan fingerprint density at radius 3 is 2.27 bits per heavy atom. The molecule has 4 rings (SSSR count). The van der Waals surface area contributed by atoms with Crippen molar-refractivity contribution in [2.75, 3.05) is 10.2 Å². The molecule has 0 saturated carbocycles. The van der Waals surface area contributed by atoms with Crippen LogP contribution in [0.25, 0.3) is 5.57 Å². The maximum Gasteiger partial charge on any atom is 0.282 e. The van der Waals surface area contributed by atoms with Gasteiger partial charge >= 0.3 is 0 Å². The summed E-state index contributed by atoms with van der Waals surface area (Å²) in [4.78, 5) is 27.8. The van der Waals surface area contributed by atoms with Crippen LogP contribution in [0, 0.1) is 19.7 Å². The highest BCUT2D eigenvalue weighted by Gasteiger charge is 2.41. The molecule has 0 aliphatic carbocycles. The van der Waals surface area contributed by atoms with E-state index in [1.165, 1.54) is 24.3 Å². The van der Waals surface area contributed by atoms with Crippen molar-refractivity contribution in [1.82, 2.24) is 0 Å². The first-order chi connectivity index (χ1) is 14.4. The maximum atomic E-state index is 13.5. The number of carbonyl (C=O) groups is 2. The van der Waals surface area contributed by atoms with Crippen LogP contribution in [0.1, 0.15) is 16.7 Å². The van der Waals surface area contributed by atoms with Gasteiger partial charge in [-0.15, -0.1) is 0 Å². The molecule has 6 heteroatoms. The maximum absolute atomic E-state index is 13.5. The second kappa shape index (κ2) is 7.76. The van der Waals surface area contributed by atoms with Gasteiger partial charge in [0.2, 0.25) is 0 Å². The molecule has 0 unspecified atom stereocenters. The molecular weight excluding hydrogens is 403 g/mol. The van der Waals surface area contributed by atoms with E-state index in [1.807, 2.05) is 32.0 Å². The van der Waals surface area contributed by atoms with Gasteiger partial charge in [0.05, 0.1) is 16.3 Å². The van der Waals surface area contributed by atoms with Crippen molar-refractivity contribution in [3.05, 3.63) is 100.0 Å². The summed E-state index contributed by atoms with van der Waals surface area (Å²) in [6.45, 7) is 3.89. The Kier molecular flexibility index (Phi) is 5.14. The monoisotopic (exact) mass is 420 g/mol. The van der Waals surface area contributed by atoms with E-state index in [1.54, 1.807) is 24.3 Å². The van der Waals surface area contributed by atoms with Gasteiger partial charge in [-0.05, 0) is 55.3 Å². The molecule has 0 fully saturated rings. The van der Waals surface area contributed by atoms with E-state index in [0.717, 1.165) is 16.0 Å². The largest absolute Gasteiger partial charge is 0.350 e. The van der Waals surface area contributed by atoms with Crippen molar-refractivity contribution in [2.24, 2.45) is 0 Å². The van der Waals surface area contributed by atoms with Crippen LogP contribution in [-0.2, 0) is 9.59 Å². The summed E-state index contributed by atoms with van der Waals surface area (Å²) in [6.07, 6.45) is 0. The van der Waals surface area contributed by atoms with E-state index in [9.17, 15) is 14.0 Å². The first kappa shape index (κ1) is 19.9. The predicted octanol–water partition coefficient (Wildman–Crippen LogP) is 5.49. The van der Waals surface area contributed by atoms with Gasteiger partial charge < -0.3 is 5.32 Å². The smallest absolute Gasteiger partial charge is 0.282 e. The van der Waals surface area contributed by atoms with E-state index >= 15 is 0 Å². The Balaban J connectivity index is 1.86. The van der Waals surface area contributed by atoms with Crippen molar-refractivity contribution in [1.29, 1.82) is 0 Å². The van der Waals surface area contributed by atoms with E-state index in [0.29, 0.717) is 16.9 Å². The lowest BCUT2D eigenvalue weighted by Crippen LogP contribution is -2.32. The number of hydrogen-bond donors (Lipinski definition) is 1. The second-order valence-corrected chi connectivity index (χ2v) is 7.50. The van der Waals surface area contributed by atoms with E-state index in [-0.39, 0.29) is 16.3 Å². The predicted molar refractivity (Wildman–Crippen MR) is 117 cm³/mol. The number of nitrogens with zero attached hydrogens (tertiary/aromatic N) is 1. The van der Waals surface area contributed by atoms with Crippen molar-refractivity contribution in [3.8, 4) is 0 Å². The zero-order chi connectivity index (χ0) is 21.4. The Morgan fingerprint density at radius 1 is 0.900 bits per heavy atom. The highest BCUT2D eigenvalue weighted by atomic mass is 35.5. The first-order valence-electron chi connectivity index (χ1n) is 9.34. The SMILES string of the molecule is Cc1ccc(NC2=C(c3ccc(F)cc3)C(=O)N(c3ccccc3Cl)C2=O)c(C)c1. The van der Waals surface area contributed by atoms with Gasteiger partial charge in [-0.1, -0.05) is 53.6 Å². The Morgan fingerprint density at radius 2 is 1.60 bits per heavy atom. The van der Waals surface area contributed by atoms with Crippen LogP contribution in [0.2, 0.25) is 5.02 Å². The minimum absolute atomic E-state index is 0.124. The molecule has 0 saturated heterocycles. The second-order valence-electron chi connectivity index (χ2n) is 7.10. The topological polar surface area (TPSA) is 49.4 Å². The van der Waals surface area contributed by atoms with Crippen LogP contribution < -0.4 is 10.2 Å².